The number of rotatable bonds is 2. The molecular weight excluding hydrogens is 250 g/mol. The highest BCUT2D eigenvalue weighted by Crippen LogP contribution is 2.18. The summed E-state index contributed by atoms with van der Waals surface area (Å²) in [5, 5.41) is 3.41. The van der Waals surface area contributed by atoms with Crippen molar-refractivity contribution in [3.63, 3.8) is 0 Å². The van der Waals surface area contributed by atoms with E-state index in [0.717, 1.165) is 39.1 Å². The van der Waals surface area contributed by atoms with Gasteiger partial charge in [0.15, 0.2) is 0 Å². The fourth-order valence-electron chi connectivity index (χ4n) is 3.16. The molecule has 1 atom stereocenters. The number of benzene rings is 1. The number of nitrogens with zero attached hydrogens (tertiary/aromatic N) is 2. The summed E-state index contributed by atoms with van der Waals surface area (Å²) in [6.45, 7) is 7.30. The van der Waals surface area contributed by atoms with E-state index in [4.69, 9.17) is 0 Å². The van der Waals surface area contributed by atoms with Crippen LogP contribution in [0.1, 0.15) is 18.1 Å². The molecular formula is C16H23N3O. The highest BCUT2D eigenvalue weighted by atomic mass is 16.2. The van der Waals surface area contributed by atoms with Crippen LogP contribution >= 0.6 is 0 Å². The van der Waals surface area contributed by atoms with Crippen LogP contribution in [0.5, 0.6) is 0 Å². The predicted molar refractivity (Wildman–Crippen MR) is 79.5 cm³/mol. The van der Waals surface area contributed by atoms with Crippen LogP contribution in [0.3, 0.4) is 0 Å². The third kappa shape index (κ3) is 3.02. The van der Waals surface area contributed by atoms with Gasteiger partial charge < -0.3 is 10.2 Å². The van der Waals surface area contributed by atoms with E-state index in [0.29, 0.717) is 12.6 Å². The second-order valence-electron chi connectivity index (χ2n) is 5.92. The van der Waals surface area contributed by atoms with Crippen molar-refractivity contribution < 1.29 is 4.79 Å². The molecule has 0 aromatic heterocycles. The number of amides is 1. The van der Waals surface area contributed by atoms with E-state index in [1.165, 1.54) is 11.1 Å². The van der Waals surface area contributed by atoms with Crippen molar-refractivity contribution in [2.75, 3.05) is 32.7 Å². The molecule has 0 unspecified atom stereocenters. The average Bonchev–Trinajstić information content (AvgIpc) is 2.47. The monoisotopic (exact) mass is 273 g/mol. The Morgan fingerprint density at radius 2 is 2.10 bits per heavy atom. The highest BCUT2D eigenvalue weighted by Gasteiger charge is 2.24. The molecule has 2 aliphatic rings. The minimum atomic E-state index is 0.272. The molecule has 4 heteroatoms. The molecule has 3 rings (SSSR count). The Morgan fingerprint density at radius 3 is 2.90 bits per heavy atom. The van der Waals surface area contributed by atoms with Gasteiger partial charge in [-0.1, -0.05) is 24.3 Å². The largest absolute Gasteiger partial charge is 0.337 e. The van der Waals surface area contributed by atoms with E-state index in [-0.39, 0.29) is 5.91 Å². The summed E-state index contributed by atoms with van der Waals surface area (Å²) in [4.78, 5) is 16.7. The Morgan fingerprint density at radius 1 is 1.30 bits per heavy atom. The molecule has 0 spiro atoms. The quantitative estimate of drug-likeness (QED) is 0.868. The van der Waals surface area contributed by atoms with Gasteiger partial charge in [0.2, 0.25) is 5.91 Å². The lowest BCUT2D eigenvalue weighted by molar-refractivity contribution is -0.133. The van der Waals surface area contributed by atoms with Gasteiger partial charge in [0.25, 0.3) is 0 Å². The van der Waals surface area contributed by atoms with E-state index < -0.39 is 0 Å². The van der Waals surface area contributed by atoms with Gasteiger partial charge >= 0.3 is 0 Å². The maximum atomic E-state index is 12.4. The normalized spacial score (nSPS) is 23.4. The van der Waals surface area contributed by atoms with E-state index in [1.54, 1.807) is 0 Å². The zero-order valence-corrected chi connectivity index (χ0v) is 12.1. The Labute approximate surface area is 120 Å². The number of carbonyl (C=O) groups is 1. The molecule has 4 nitrogen and oxygen atoms in total. The number of carbonyl (C=O) groups excluding carboxylic acids is 1. The van der Waals surface area contributed by atoms with Crippen LogP contribution in [-0.2, 0) is 17.8 Å². The van der Waals surface area contributed by atoms with Gasteiger partial charge in [0.1, 0.15) is 0 Å². The van der Waals surface area contributed by atoms with Crippen molar-refractivity contribution in [3.05, 3.63) is 35.4 Å². The topological polar surface area (TPSA) is 35.6 Å². The van der Waals surface area contributed by atoms with Gasteiger partial charge in [-0.25, -0.2) is 0 Å². The summed E-state index contributed by atoms with van der Waals surface area (Å²) >= 11 is 0. The molecule has 1 aromatic rings. The van der Waals surface area contributed by atoms with Crippen LogP contribution in [0.25, 0.3) is 0 Å². The Balaban J connectivity index is 1.59. The van der Waals surface area contributed by atoms with Crippen LogP contribution in [0.15, 0.2) is 24.3 Å². The van der Waals surface area contributed by atoms with Crippen molar-refractivity contribution in [3.8, 4) is 0 Å². The highest BCUT2D eigenvalue weighted by molar-refractivity contribution is 5.78. The molecule has 1 fully saturated rings. The SMILES string of the molecule is C[C@H]1CN(CC(=O)N2CCc3ccccc3C2)CCN1. The standard InChI is InChI=1S/C16H23N3O/c1-13-10-18(9-7-17-13)12-16(20)19-8-6-14-4-2-3-5-15(14)11-19/h2-5,13,17H,6-12H2,1H3/t13-/m0/s1. The molecule has 0 saturated carbocycles. The van der Waals surface area contributed by atoms with Gasteiger partial charge in [-0.15, -0.1) is 0 Å². The second kappa shape index (κ2) is 5.94. The van der Waals surface area contributed by atoms with Crippen LogP contribution in [-0.4, -0.2) is 54.5 Å². The molecule has 2 heterocycles. The third-order valence-corrected chi connectivity index (χ3v) is 4.30. The third-order valence-electron chi connectivity index (χ3n) is 4.30. The summed E-state index contributed by atoms with van der Waals surface area (Å²) in [7, 11) is 0. The molecule has 0 radical (unpaired) electrons. The van der Waals surface area contributed by atoms with E-state index in [9.17, 15) is 4.79 Å². The first-order chi connectivity index (χ1) is 9.72. The van der Waals surface area contributed by atoms with Gasteiger partial charge in [-0.05, 0) is 24.5 Å². The fraction of sp³-hybridized carbons (Fsp3) is 0.562. The summed E-state index contributed by atoms with van der Waals surface area (Å²) < 4.78 is 0. The first-order valence-electron chi connectivity index (χ1n) is 7.52. The number of piperazine rings is 1. The Hall–Kier alpha value is -1.39. The lowest BCUT2D eigenvalue weighted by Crippen LogP contribution is -2.52. The number of nitrogens with one attached hydrogen (secondary N) is 1. The lowest BCUT2D eigenvalue weighted by atomic mass is 10.00. The Bertz CT molecular complexity index is 488. The van der Waals surface area contributed by atoms with E-state index >= 15 is 0 Å². The minimum Gasteiger partial charge on any atom is -0.337 e. The molecule has 1 aromatic carbocycles. The maximum Gasteiger partial charge on any atom is 0.237 e. The second-order valence-corrected chi connectivity index (χ2v) is 5.92. The number of hydrogen-bond donors (Lipinski definition) is 1. The average molecular weight is 273 g/mol. The van der Waals surface area contributed by atoms with Crippen molar-refractivity contribution in [2.24, 2.45) is 0 Å². The first-order valence-corrected chi connectivity index (χ1v) is 7.52. The fourth-order valence-corrected chi connectivity index (χ4v) is 3.16. The van der Waals surface area contributed by atoms with Crippen LogP contribution in [0, 0.1) is 0 Å². The molecule has 1 N–H and O–H groups in total. The van der Waals surface area contributed by atoms with Gasteiger partial charge in [-0.3, -0.25) is 9.69 Å². The van der Waals surface area contributed by atoms with Crippen LogP contribution < -0.4 is 5.32 Å². The number of hydrogen-bond acceptors (Lipinski definition) is 3. The lowest BCUT2D eigenvalue weighted by Gasteiger charge is -2.34. The van der Waals surface area contributed by atoms with Gasteiger partial charge in [0.05, 0.1) is 6.54 Å². The van der Waals surface area contributed by atoms with Crippen molar-refractivity contribution in [1.82, 2.24) is 15.1 Å². The molecule has 20 heavy (non-hydrogen) atoms. The van der Waals surface area contributed by atoms with Crippen molar-refractivity contribution in [2.45, 2.75) is 25.9 Å². The zero-order valence-electron chi connectivity index (χ0n) is 12.1. The maximum absolute atomic E-state index is 12.4. The summed E-state index contributed by atoms with van der Waals surface area (Å²) in [6.07, 6.45) is 0.986. The van der Waals surface area contributed by atoms with Crippen LogP contribution in [0.2, 0.25) is 0 Å². The van der Waals surface area contributed by atoms with E-state index in [2.05, 4.69) is 41.4 Å². The number of fused-ring (bicyclic) bond motifs is 1. The smallest absolute Gasteiger partial charge is 0.237 e. The summed E-state index contributed by atoms with van der Waals surface area (Å²) in [6, 6.07) is 8.94. The molecule has 0 bridgehead atoms. The molecule has 0 aliphatic carbocycles. The molecule has 108 valence electrons. The molecule has 1 saturated heterocycles. The van der Waals surface area contributed by atoms with Gasteiger partial charge in [-0.2, -0.15) is 0 Å². The van der Waals surface area contributed by atoms with Crippen LogP contribution in [0.4, 0.5) is 0 Å². The molecule has 2 aliphatic heterocycles. The molecule has 1 amide bonds. The first kappa shape index (κ1) is 13.6. The van der Waals surface area contributed by atoms with Crippen molar-refractivity contribution >= 4 is 5.91 Å². The summed E-state index contributed by atoms with van der Waals surface area (Å²) in [5.41, 5.74) is 2.70. The zero-order chi connectivity index (χ0) is 13.9. The van der Waals surface area contributed by atoms with Gasteiger partial charge in [0, 0.05) is 38.8 Å². The minimum absolute atomic E-state index is 0.272. The van der Waals surface area contributed by atoms with Crippen molar-refractivity contribution in [1.29, 1.82) is 0 Å². The predicted octanol–water partition coefficient (Wildman–Crippen LogP) is 0.865. The summed E-state index contributed by atoms with van der Waals surface area (Å²) in [5.74, 6) is 0.272. The van der Waals surface area contributed by atoms with E-state index in [1.807, 2.05) is 4.90 Å². The Kier molecular flexibility index (Phi) is 4.03.